The fraction of sp³-hybridized carbons (Fsp3) is 0.200. The van der Waals surface area contributed by atoms with Crippen molar-refractivity contribution < 1.29 is 28.2 Å². The van der Waals surface area contributed by atoms with E-state index in [4.69, 9.17) is 14.2 Å². The quantitative estimate of drug-likeness (QED) is 0.661. The van der Waals surface area contributed by atoms with E-state index in [1.807, 2.05) is 0 Å². The van der Waals surface area contributed by atoms with Crippen LogP contribution in [-0.2, 0) is 13.1 Å². The van der Waals surface area contributed by atoms with Gasteiger partial charge in [-0.3, -0.25) is 9.59 Å². The standard InChI is InChI=1S/C25H21FN2O5/c26-20-4-2-1-3-18(20)13-27-24(29)16-5-7-21-19(11-16)14-28(9-10-31-21)25(30)17-6-8-22-23(12-17)33-15-32-22/h1-8,11-12H,9-10,13-15H2,(H,27,29). The fourth-order valence-electron chi connectivity index (χ4n) is 3.84. The zero-order valence-corrected chi connectivity index (χ0v) is 17.7. The van der Waals surface area contributed by atoms with Crippen LogP contribution < -0.4 is 19.5 Å². The van der Waals surface area contributed by atoms with E-state index in [0.29, 0.717) is 47.1 Å². The molecule has 0 atom stereocenters. The summed E-state index contributed by atoms with van der Waals surface area (Å²) in [6.07, 6.45) is 0. The summed E-state index contributed by atoms with van der Waals surface area (Å²) in [5.41, 5.74) is 2.03. The number of carbonyl (C=O) groups is 2. The van der Waals surface area contributed by atoms with Gasteiger partial charge in [0.05, 0.1) is 6.54 Å². The van der Waals surface area contributed by atoms with Crippen LogP contribution in [0.2, 0.25) is 0 Å². The molecular formula is C25H21FN2O5. The Morgan fingerprint density at radius 2 is 1.70 bits per heavy atom. The fourth-order valence-corrected chi connectivity index (χ4v) is 3.84. The molecule has 33 heavy (non-hydrogen) atoms. The molecule has 0 aliphatic carbocycles. The molecule has 2 heterocycles. The Morgan fingerprint density at radius 3 is 2.58 bits per heavy atom. The highest BCUT2D eigenvalue weighted by molar-refractivity contribution is 5.96. The minimum absolute atomic E-state index is 0.0772. The molecule has 0 fully saturated rings. The predicted octanol–water partition coefficient (Wildman–Crippen LogP) is 3.52. The van der Waals surface area contributed by atoms with Crippen LogP contribution in [0.5, 0.6) is 17.2 Å². The van der Waals surface area contributed by atoms with Crippen LogP contribution in [0.4, 0.5) is 4.39 Å². The lowest BCUT2D eigenvalue weighted by atomic mass is 10.1. The molecule has 168 valence electrons. The van der Waals surface area contributed by atoms with Crippen LogP contribution in [-0.4, -0.2) is 36.7 Å². The first kappa shape index (κ1) is 20.8. The summed E-state index contributed by atoms with van der Waals surface area (Å²) in [6, 6.07) is 16.5. The van der Waals surface area contributed by atoms with E-state index in [0.717, 1.165) is 5.56 Å². The molecule has 0 radical (unpaired) electrons. The summed E-state index contributed by atoms with van der Waals surface area (Å²) in [4.78, 5) is 27.5. The van der Waals surface area contributed by atoms with Gasteiger partial charge in [-0.2, -0.15) is 0 Å². The van der Waals surface area contributed by atoms with Crippen molar-refractivity contribution in [3.05, 3.63) is 88.7 Å². The molecule has 3 aromatic carbocycles. The summed E-state index contributed by atoms with van der Waals surface area (Å²) in [6.45, 7) is 1.24. The SMILES string of the molecule is O=C(NCc1ccccc1F)c1ccc2c(c1)CN(C(=O)c1ccc3c(c1)OCO3)CCO2. The largest absolute Gasteiger partial charge is 0.491 e. The number of benzene rings is 3. The minimum Gasteiger partial charge on any atom is -0.491 e. The lowest BCUT2D eigenvalue weighted by Gasteiger charge is -2.20. The number of fused-ring (bicyclic) bond motifs is 2. The van der Waals surface area contributed by atoms with Gasteiger partial charge in [-0.25, -0.2) is 4.39 Å². The zero-order chi connectivity index (χ0) is 22.8. The number of carbonyl (C=O) groups excluding carboxylic acids is 2. The van der Waals surface area contributed by atoms with Crippen LogP contribution in [0.1, 0.15) is 31.8 Å². The highest BCUT2D eigenvalue weighted by Crippen LogP contribution is 2.33. The zero-order valence-electron chi connectivity index (χ0n) is 17.7. The Kier molecular flexibility index (Phi) is 5.56. The van der Waals surface area contributed by atoms with Crippen molar-refractivity contribution in [1.29, 1.82) is 0 Å². The van der Waals surface area contributed by atoms with Gasteiger partial charge < -0.3 is 24.4 Å². The molecule has 0 aromatic heterocycles. The van der Waals surface area contributed by atoms with Crippen molar-refractivity contribution in [2.45, 2.75) is 13.1 Å². The second-order valence-electron chi connectivity index (χ2n) is 7.74. The van der Waals surface area contributed by atoms with E-state index >= 15 is 0 Å². The summed E-state index contributed by atoms with van der Waals surface area (Å²) in [5.74, 6) is 0.911. The molecule has 7 nitrogen and oxygen atoms in total. The highest BCUT2D eigenvalue weighted by Gasteiger charge is 2.24. The maximum atomic E-state index is 13.8. The van der Waals surface area contributed by atoms with Gasteiger partial charge in [-0.1, -0.05) is 18.2 Å². The molecule has 0 saturated carbocycles. The van der Waals surface area contributed by atoms with Gasteiger partial charge in [0.15, 0.2) is 11.5 Å². The van der Waals surface area contributed by atoms with Crippen LogP contribution in [0, 0.1) is 5.82 Å². The number of hydrogen-bond acceptors (Lipinski definition) is 5. The third-order valence-corrected chi connectivity index (χ3v) is 5.61. The molecule has 5 rings (SSSR count). The van der Waals surface area contributed by atoms with Crippen LogP contribution >= 0.6 is 0 Å². The third-order valence-electron chi connectivity index (χ3n) is 5.61. The van der Waals surface area contributed by atoms with E-state index in [9.17, 15) is 14.0 Å². The molecule has 8 heteroatoms. The smallest absolute Gasteiger partial charge is 0.254 e. The molecule has 0 bridgehead atoms. The van der Waals surface area contributed by atoms with E-state index in [1.165, 1.54) is 6.07 Å². The highest BCUT2D eigenvalue weighted by atomic mass is 19.1. The van der Waals surface area contributed by atoms with Gasteiger partial charge in [0, 0.05) is 35.3 Å². The summed E-state index contributed by atoms with van der Waals surface area (Å²) < 4.78 is 30.3. The second-order valence-corrected chi connectivity index (χ2v) is 7.74. The van der Waals surface area contributed by atoms with Crippen molar-refractivity contribution in [2.24, 2.45) is 0 Å². The average molecular weight is 448 g/mol. The van der Waals surface area contributed by atoms with Crippen molar-refractivity contribution in [3.63, 3.8) is 0 Å². The Balaban J connectivity index is 1.31. The van der Waals surface area contributed by atoms with E-state index in [-0.39, 0.29) is 37.5 Å². The molecule has 2 aliphatic rings. The van der Waals surface area contributed by atoms with Crippen LogP contribution in [0.3, 0.4) is 0 Å². The lowest BCUT2D eigenvalue weighted by molar-refractivity contribution is 0.0732. The molecule has 3 aromatic rings. The maximum absolute atomic E-state index is 13.8. The second kappa shape index (κ2) is 8.82. The van der Waals surface area contributed by atoms with E-state index in [2.05, 4.69) is 5.32 Å². The van der Waals surface area contributed by atoms with Crippen molar-refractivity contribution in [2.75, 3.05) is 19.9 Å². The van der Waals surface area contributed by atoms with Crippen molar-refractivity contribution >= 4 is 11.8 Å². The monoisotopic (exact) mass is 448 g/mol. The number of halogens is 1. The van der Waals surface area contributed by atoms with Gasteiger partial charge in [-0.05, 0) is 42.5 Å². The Labute approximate surface area is 189 Å². The first-order chi connectivity index (χ1) is 16.1. The number of amides is 2. The molecule has 0 unspecified atom stereocenters. The predicted molar refractivity (Wildman–Crippen MR) is 117 cm³/mol. The summed E-state index contributed by atoms with van der Waals surface area (Å²) in [5, 5.41) is 2.74. The van der Waals surface area contributed by atoms with Gasteiger partial charge in [0.2, 0.25) is 6.79 Å². The third kappa shape index (κ3) is 4.32. The molecule has 2 aliphatic heterocycles. The van der Waals surface area contributed by atoms with Crippen molar-refractivity contribution in [3.8, 4) is 17.2 Å². The van der Waals surface area contributed by atoms with Gasteiger partial charge >= 0.3 is 0 Å². The number of ether oxygens (including phenoxy) is 3. The first-order valence-electron chi connectivity index (χ1n) is 10.5. The lowest BCUT2D eigenvalue weighted by Crippen LogP contribution is -2.32. The Morgan fingerprint density at radius 1 is 0.909 bits per heavy atom. The summed E-state index contributed by atoms with van der Waals surface area (Å²) in [7, 11) is 0. The van der Waals surface area contributed by atoms with Gasteiger partial charge in [0.1, 0.15) is 18.2 Å². The van der Waals surface area contributed by atoms with E-state index in [1.54, 1.807) is 59.5 Å². The minimum atomic E-state index is -0.370. The number of nitrogens with zero attached hydrogens (tertiary/aromatic N) is 1. The maximum Gasteiger partial charge on any atom is 0.254 e. The molecule has 2 amide bonds. The number of rotatable bonds is 4. The molecule has 0 saturated heterocycles. The van der Waals surface area contributed by atoms with Crippen LogP contribution in [0.25, 0.3) is 0 Å². The Hall–Kier alpha value is -4.07. The molecular weight excluding hydrogens is 427 g/mol. The molecule has 1 N–H and O–H groups in total. The average Bonchev–Trinajstić information content (AvgIpc) is 3.20. The van der Waals surface area contributed by atoms with Crippen LogP contribution in [0.15, 0.2) is 60.7 Å². The van der Waals surface area contributed by atoms with Gasteiger partial charge in [-0.15, -0.1) is 0 Å². The summed E-state index contributed by atoms with van der Waals surface area (Å²) >= 11 is 0. The number of hydrogen-bond donors (Lipinski definition) is 1. The first-order valence-corrected chi connectivity index (χ1v) is 10.5. The molecule has 0 spiro atoms. The topological polar surface area (TPSA) is 77.1 Å². The normalized spacial score (nSPS) is 14.2. The van der Waals surface area contributed by atoms with Gasteiger partial charge in [0.25, 0.3) is 11.8 Å². The van der Waals surface area contributed by atoms with Crippen molar-refractivity contribution in [1.82, 2.24) is 10.2 Å². The Bertz CT molecular complexity index is 1230. The van der Waals surface area contributed by atoms with E-state index < -0.39 is 0 Å². The number of nitrogens with one attached hydrogen (secondary N) is 1.